The van der Waals surface area contributed by atoms with Gasteiger partial charge in [-0.1, -0.05) is 85.8 Å². The molecule has 1 N–H and O–H groups in total. The number of halogens is 1. The van der Waals surface area contributed by atoms with Crippen molar-refractivity contribution < 1.29 is 9.18 Å². The van der Waals surface area contributed by atoms with Crippen molar-refractivity contribution in [3.63, 3.8) is 0 Å². The van der Waals surface area contributed by atoms with E-state index in [2.05, 4.69) is 63.7 Å². The van der Waals surface area contributed by atoms with Gasteiger partial charge >= 0.3 is 0 Å². The fourth-order valence-corrected chi connectivity index (χ4v) is 5.11. The maximum Gasteiger partial charge on any atom is 0.270 e. The van der Waals surface area contributed by atoms with Crippen molar-refractivity contribution >= 4 is 17.2 Å². The van der Waals surface area contributed by atoms with E-state index in [0.717, 1.165) is 24.4 Å². The molecule has 0 bridgehead atoms. The Hall–Kier alpha value is -3.35. The Morgan fingerprint density at radius 3 is 2.22 bits per heavy atom. The smallest absolute Gasteiger partial charge is 0.270 e. The molecule has 0 fully saturated rings. The zero-order valence-electron chi connectivity index (χ0n) is 20.6. The molecule has 0 saturated carbocycles. The van der Waals surface area contributed by atoms with E-state index in [4.69, 9.17) is 0 Å². The maximum absolute atomic E-state index is 14.6. The molecule has 0 atom stereocenters. The Kier molecular flexibility index (Phi) is 9.36. The first-order valence-electron chi connectivity index (χ1n) is 12.4. The molecule has 4 rings (SSSR count). The zero-order valence-corrected chi connectivity index (χ0v) is 21.4. The van der Waals surface area contributed by atoms with Crippen molar-refractivity contribution in [3.05, 3.63) is 124 Å². The van der Waals surface area contributed by atoms with Gasteiger partial charge in [0.1, 0.15) is 16.5 Å². The zero-order chi connectivity index (χ0) is 25.2. The van der Waals surface area contributed by atoms with Gasteiger partial charge in [-0.3, -0.25) is 9.69 Å². The molecular formula is C30H32FN3OS. The molecule has 6 heteroatoms. The molecule has 1 heterocycles. The van der Waals surface area contributed by atoms with Crippen LogP contribution in [-0.2, 0) is 13.1 Å². The molecule has 1 amide bonds. The van der Waals surface area contributed by atoms with Crippen molar-refractivity contribution in [1.29, 1.82) is 0 Å². The number of rotatable bonds is 12. The summed E-state index contributed by atoms with van der Waals surface area (Å²) in [6.07, 6.45) is 1.75. The Morgan fingerprint density at radius 1 is 0.944 bits per heavy atom. The van der Waals surface area contributed by atoms with Crippen LogP contribution in [0.5, 0.6) is 0 Å². The fraction of sp³-hybridized carbons (Fsp3) is 0.267. The molecule has 1 aromatic heterocycles. The highest BCUT2D eigenvalue weighted by atomic mass is 32.1. The van der Waals surface area contributed by atoms with E-state index < -0.39 is 0 Å². The second-order valence-electron chi connectivity index (χ2n) is 8.85. The summed E-state index contributed by atoms with van der Waals surface area (Å²) in [4.78, 5) is 19.1. The molecule has 0 aliphatic carbocycles. The molecule has 0 aliphatic heterocycles. The van der Waals surface area contributed by atoms with Gasteiger partial charge in [0.25, 0.3) is 5.91 Å². The first-order chi connectivity index (χ1) is 17.6. The molecule has 186 valence electrons. The van der Waals surface area contributed by atoms with Crippen molar-refractivity contribution in [2.45, 2.75) is 38.8 Å². The first-order valence-corrected chi connectivity index (χ1v) is 13.3. The third-order valence-corrected chi connectivity index (χ3v) is 7.00. The summed E-state index contributed by atoms with van der Waals surface area (Å²) >= 11 is 1.47. The minimum atomic E-state index is -0.205. The minimum Gasteiger partial charge on any atom is -0.351 e. The molecule has 0 aliphatic rings. The quantitative estimate of drug-likeness (QED) is 0.236. The van der Waals surface area contributed by atoms with Gasteiger partial charge in [-0.05, 0) is 36.6 Å². The number of hydrogen-bond acceptors (Lipinski definition) is 4. The number of nitrogens with zero attached hydrogens (tertiary/aromatic N) is 2. The molecule has 0 spiro atoms. The van der Waals surface area contributed by atoms with Crippen LogP contribution in [0.25, 0.3) is 0 Å². The molecule has 0 saturated heterocycles. The average molecular weight is 502 g/mol. The standard InChI is InChI=1S/C30H32FN3OS/c1-2-18-32-30(35)28-22-36-29(33-28)21-34(20-25-15-9-10-16-27(25)31)19-17-26(23-11-5-3-6-12-23)24-13-7-4-8-14-24/h3-16,22,26H,2,17-21H2,1H3,(H,32,35). The van der Waals surface area contributed by atoms with Crippen molar-refractivity contribution in [2.24, 2.45) is 0 Å². The van der Waals surface area contributed by atoms with Gasteiger partial charge in [0, 0.05) is 30.0 Å². The Balaban J connectivity index is 1.54. The largest absolute Gasteiger partial charge is 0.351 e. The van der Waals surface area contributed by atoms with Crippen LogP contribution in [0.3, 0.4) is 0 Å². The molecule has 36 heavy (non-hydrogen) atoms. The van der Waals surface area contributed by atoms with E-state index in [-0.39, 0.29) is 17.6 Å². The Morgan fingerprint density at radius 2 is 1.58 bits per heavy atom. The lowest BCUT2D eigenvalue weighted by atomic mass is 9.88. The van der Waals surface area contributed by atoms with Crippen LogP contribution in [0.4, 0.5) is 4.39 Å². The fourth-order valence-electron chi connectivity index (χ4n) is 4.30. The summed E-state index contributed by atoms with van der Waals surface area (Å²) in [6, 6.07) is 27.9. The lowest BCUT2D eigenvalue weighted by Gasteiger charge is -2.25. The summed E-state index contributed by atoms with van der Waals surface area (Å²) in [5.41, 5.74) is 3.63. The third-order valence-electron chi connectivity index (χ3n) is 6.17. The van der Waals surface area contributed by atoms with Crippen molar-refractivity contribution in [2.75, 3.05) is 13.1 Å². The van der Waals surface area contributed by atoms with Crippen LogP contribution in [0, 0.1) is 5.82 Å². The number of nitrogens with one attached hydrogen (secondary N) is 1. The van der Waals surface area contributed by atoms with Crippen LogP contribution in [0.15, 0.2) is 90.3 Å². The highest BCUT2D eigenvalue weighted by Gasteiger charge is 2.19. The van der Waals surface area contributed by atoms with Gasteiger partial charge in [0.15, 0.2) is 0 Å². The summed E-state index contributed by atoms with van der Waals surface area (Å²) in [5.74, 6) is -0.126. The summed E-state index contributed by atoms with van der Waals surface area (Å²) in [7, 11) is 0. The Bertz CT molecular complexity index is 1190. The van der Waals surface area contributed by atoms with E-state index in [9.17, 15) is 9.18 Å². The summed E-state index contributed by atoms with van der Waals surface area (Å²) in [5, 5.41) is 5.54. The van der Waals surface area contributed by atoms with Gasteiger partial charge < -0.3 is 5.32 Å². The lowest BCUT2D eigenvalue weighted by Crippen LogP contribution is -2.27. The average Bonchev–Trinajstić information content (AvgIpc) is 3.38. The number of amides is 1. The number of carbonyl (C=O) groups excluding carboxylic acids is 1. The molecule has 4 aromatic rings. The van der Waals surface area contributed by atoms with Crippen molar-refractivity contribution in [1.82, 2.24) is 15.2 Å². The maximum atomic E-state index is 14.6. The van der Waals surface area contributed by atoms with Crippen LogP contribution >= 0.6 is 11.3 Å². The van der Waals surface area contributed by atoms with Gasteiger partial charge in [0.05, 0.1) is 6.54 Å². The number of benzene rings is 3. The van der Waals surface area contributed by atoms with Crippen LogP contribution in [0.1, 0.15) is 57.9 Å². The number of aromatic nitrogens is 1. The lowest BCUT2D eigenvalue weighted by molar-refractivity contribution is 0.0949. The molecule has 0 unspecified atom stereocenters. The highest BCUT2D eigenvalue weighted by Crippen LogP contribution is 2.29. The van der Waals surface area contributed by atoms with Crippen LogP contribution in [0.2, 0.25) is 0 Å². The summed E-state index contributed by atoms with van der Waals surface area (Å²) in [6.45, 7) is 4.42. The normalized spacial score (nSPS) is 11.2. The SMILES string of the molecule is CCCNC(=O)c1csc(CN(CCC(c2ccccc2)c2ccccc2)Cc2ccccc2F)n1. The number of carbonyl (C=O) groups is 1. The molecule has 3 aromatic carbocycles. The van der Waals surface area contributed by atoms with Gasteiger partial charge in [0.2, 0.25) is 0 Å². The third kappa shape index (κ3) is 7.09. The second-order valence-corrected chi connectivity index (χ2v) is 9.79. The van der Waals surface area contributed by atoms with Gasteiger partial charge in [-0.25, -0.2) is 9.37 Å². The predicted molar refractivity (Wildman–Crippen MR) is 145 cm³/mol. The van der Waals surface area contributed by atoms with E-state index in [0.29, 0.717) is 30.9 Å². The van der Waals surface area contributed by atoms with E-state index in [1.807, 2.05) is 31.2 Å². The predicted octanol–water partition coefficient (Wildman–Crippen LogP) is 6.65. The van der Waals surface area contributed by atoms with Crippen LogP contribution < -0.4 is 5.32 Å². The number of hydrogen-bond donors (Lipinski definition) is 1. The summed E-state index contributed by atoms with van der Waals surface area (Å²) < 4.78 is 14.6. The first kappa shape index (κ1) is 25.7. The second kappa shape index (κ2) is 13.1. The Labute approximate surface area is 216 Å². The topological polar surface area (TPSA) is 45.2 Å². The number of thiazole rings is 1. The molecule has 4 nitrogen and oxygen atoms in total. The molecule has 0 radical (unpaired) electrons. The van der Waals surface area contributed by atoms with Gasteiger partial charge in [-0.2, -0.15) is 0 Å². The van der Waals surface area contributed by atoms with Crippen molar-refractivity contribution in [3.8, 4) is 0 Å². The highest BCUT2D eigenvalue weighted by molar-refractivity contribution is 7.09. The van der Waals surface area contributed by atoms with Gasteiger partial charge in [-0.15, -0.1) is 11.3 Å². The molecular weight excluding hydrogens is 469 g/mol. The van der Waals surface area contributed by atoms with E-state index >= 15 is 0 Å². The van der Waals surface area contributed by atoms with E-state index in [1.54, 1.807) is 11.4 Å². The van der Waals surface area contributed by atoms with E-state index in [1.165, 1.54) is 28.5 Å². The minimum absolute atomic E-state index is 0.145. The monoisotopic (exact) mass is 501 g/mol. The van der Waals surface area contributed by atoms with Crippen LogP contribution in [-0.4, -0.2) is 28.9 Å².